The van der Waals surface area contributed by atoms with E-state index >= 15 is 0 Å². The molecule has 0 spiro atoms. The van der Waals surface area contributed by atoms with Crippen molar-refractivity contribution in [2.45, 2.75) is 18.3 Å². The third-order valence-electron chi connectivity index (χ3n) is 4.53. The second-order valence-electron chi connectivity index (χ2n) is 6.13. The number of ether oxygens (including phenoxy) is 1. The van der Waals surface area contributed by atoms with Gasteiger partial charge in [0.1, 0.15) is 0 Å². The van der Waals surface area contributed by atoms with Gasteiger partial charge in [-0.1, -0.05) is 17.3 Å². The number of methoxy groups -OCH3 is 1. The summed E-state index contributed by atoms with van der Waals surface area (Å²) < 4.78 is 15.4. The first kappa shape index (κ1) is 16.1. The maximum absolute atomic E-state index is 12.9. The number of carbonyl (C=O) groups excluding carboxylic acids is 2. The van der Waals surface area contributed by atoms with E-state index in [2.05, 4.69) is 10.5 Å². The molecule has 0 aliphatic heterocycles. The Morgan fingerprint density at radius 3 is 2.65 bits per heavy atom. The topological polar surface area (TPSA) is 94.6 Å². The van der Waals surface area contributed by atoms with Crippen molar-refractivity contribution in [3.63, 3.8) is 0 Å². The molecule has 26 heavy (non-hydrogen) atoms. The highest BCUT2D eigenvalue weighted by molar-refractivity contribution is 6.05. The fourth-order valence-electron chi connectivity index (χ4n) is 2.88. The van der Waals surface area contributed by atoms with Crippen LogP contribution in [0.1, 0.15) is 28.9 Å². The number of anilines is 1. The van der Waals surface area contributed by atoms with Gasteiger partial charge in [-0.2, -0.15) is 0 Å². The number of aromatic nitrogens is 1. The van der Waals surface area contributed by atoms with Crippen LogP contribution < -0.4 is 5.32 Å². The average Bonchev–Trinajstić information content (AvgIpc) is 3.08. The van der Waals surface area contributed by atoms with Crippen molar-refractivity contribution < 1.29 is 23.3 Å². The Balaban J connectivity index is 1.58. The van der Waals surface area contributed by atoms with E-state index < -0.39 is 11.4 Å². The minimum absolute atomic E-state index is 0.229. The molecule has 7 heteroatoms. The Morgan fingerprint density at radius 1 is 1.15 bits per heavy atom. The molecule has 1 aliphatic rings. The molecule has 0 radical (unpaired) electrons. The number of benzene rings is 1. The highest BCUT2D eigenvalue weighted by Gasteiger charge is 2.54. The van der Waals surface area contributed by atoms with E-state index in [1.54, 1.807) is 48.7 Å². The van der Waals surface area contributed by atoms with Gasteiger partial charge >= 0.3 is 5.97 Å². The molecule has 0 saturated heterocycles. The predicted octanol–water partition coefficient (Wildman–Crippen LogP) is 3.39. The molecule has 1 aromatic carbocycles. The monoisotopic (exact) mass is 352 g/mol. The van der Waals surface area contributed by atoms with Crippen molar-refractivity contribution in [1.29, 1.82) is 0 Å². The molecule has 1 fully saturated rings. The summed E-state index contributed by atoms with van der Waals surface area (Å²) in [5, 5.41) is 6.88. The van der Waals surface area contributed by atoms with Crippen LogP contribution in [0, 0.1) is 0 Å². The highest BCUT2D eigenvalue weighted by Crippen LogP contribution is 2.49. The molecule has 1 aliphatic carbocycles. The number of furan rings is 1. The van der Waals surface area contributed by atoms with E-state index in [1.807, 2.05) is 0 Å². The van der Waals surface area contributed by atoms with Gasteiger partial charge in [0, 0.05) is 6.07 Å². The van der Waals surface area contributed by atoms with Crippen LogP contribution in [-0.2, 0) is 14.9 Å². The number of para-hydroxylation sites is 1. The molecule has 2 heterocycles. The van der Waals surface area contributed by atoms with Gasteiger partial charge in [-0.25, -0.2) is 4.79 Å². The summed E-state index contributed by atoms with van der Waals surface area (Å²) in [5.74, 6) is 0.287. The van der Waals surface area contributed by atoms with Crippen molar-refractivity contribution in [1.82, 2.24) is 5.16 Å². The van der Waals surface area contributed by atoms with Crippen molar-refractivity contribution >= 4 is 17.6 Å². The molecule has 1 amide bonds. The molecular weight excluding hydrogens is 336 g/mol. The first-order valence-electron chi connectivity index (χ1n) is 8.14. The van der Waals surface area contributed by atoms with Crippen LogP contribution in [-0.4, -0.2) is 24.1 Å². The van der Waals surface area contributed by atoms with E-state index in [1.165, 1.54) is 7.11 Å². The molecule has 3 aromatic rings. The molecular formula is C19H16N2O5. The summed E-state index contributed by atoms with van der Waals surface area (Å²) >= 11 is 0. The predicted molar refractivity (Wildman–Crippen MR) is 91.5 cm³/mol. The molecule has 0 bridgehead atoms. The highest BCUT2D eigenvalue weighted by atomic mass is 16.5. The van der Waals surface area contributed by atoms with Gasteiger partial charge in [-0.15, -0.1) is 0 Å². The number of carbonyl (C=O) groups is 2. The Bertz CT molecular complexity index is 954. The Labute approximate surface area is 148 Å². The molecule has 7 nitrogen and oxygen atoms in total. The Hall–Kier alpha value is -3.35. The van der Waals surface area contributed by atoms with E-state index in [9.17, 15) is 9.59 Å². The first-order chi connectivity index (χ1) is 12.6. The largest absolute Gasteiger partial charge is 0.465 e. The van der Waals surface area contributed by atoms with E-state index in [0.717, 1.165) is 0 Å². The third kappa shape index (κ3) is 2.67. The van der Waals surface area contributed by atoms with Gasteiger partial charge in [0.2, 0.25) is 11.7 Å². The van der Waals surface area contributed by atoms with Crippen LogP contribution in [0.2, 0.25) is 0 Å². The van der Waals surface area contributed by atoms with Crippen molar-refractivity contribution in [3.05, 3.63) is 60.0 Å². The van der Waals surface area contributed by atoms with Crippen molar-refractivity contribution in [2.24, 2.45) is 0 Å². The number of amides is 1. The van der Waals surface area contributed by atoms with E-state index in [4.69, 9.17) is 13.7 Å². The molecule has 1 N–H and O–H groups in total. The minimum atomic E-state index is -0.752. The standard InChI is InChI=1S/C19H16N2O5/c1-24-17(22)12-5-2-3-6-13(12)20-18(23)19(8-9-19)16-11-15(26-21-16)14-7-4-10-25-14/h2-7,10-11H,8-9H2,1H3,(H,20,23). The lowest BCUT2D eigenvalue weighted by atomic mass is 10.0. The second kappa shape index (κ2) is 6.18. The van der Waals surface area contributed by atoms with Gasteiger partial charge in [0.25, 0.3) is 0 Å². The lowest BCUT2D eigenvalue weighted by Gasteiger charge is -2.14. The lowest BCUT2D eigenvalue weighted by molar-refractivity contribution is -0.118. The zero-order chi connectivity index (χ0) is 18.1. The lowest BCUT2D eigenvalue weighted by Crippen LogP contribution is -2.29. The van der Waals surface area contributed by atoms with Gasteiger partial charge in [-0.3, -0.25) is 4.79 Å². The summed E-state index contributed by atoms with van der Waals surface area (Å²) in [6.07, 6.45) is 2.85. The van der Waals surface area contributed by atoms with Gasteiger partial charge in [-0.05, 0) is 37.1 Å². The van der Waals surface area contributed by atoms with Gasteiger partial charge < -0.3 is 19.0 Å². The van der Waals surface area contributed by atoms with Crippen LogP contribution in [0.25, 0.3) is 11.5 Å². The molecule has 2 aromatic heterocycles. The smallest absolute Gasteiger partial charge is 0.339 e. The van der Waals surface area contributed by atoms with E-state index in [0.29, 0.717) is 41.3 Å². The second-order valence-corrected chi connectivity index (χ2v) is 6.13. The normalized spacial score (nSPS) is 14.7. The first-order valence-corrected chi connectivity index (χ1v) is 8.14. The van der Waals surface area contributed by atoms with Crippen LogP contribution in [0.15, 0.2) is 57.7 Å². The average molecular weight is 352 g/mol. The van der Waals surface area contributed by atoms with Crippen LogP contribution in [0.5, 0.6) is 0 Å². The minimum Gasteiger partial charge on any atom is -0.465 e. The van der Waals surface area contributed by atoms with Crippen molar-refractivity contribution in [2.75, 3.05) is 12.4 Å². The van der Waals surface area contributed by atoms with Crippen LogP contribution in [0.4, 0.5) is 5.69 Å². The van der Waals surface area contributed by atoms with Gasteiger partial charge in [0.15, 0.2) is 5.76 Å². The maximum Gasteiger partial charge on any atom is 0.339 e. The van der Waals surface area contributed by atoms with Gasteiger partial charge in [0.05, 0.1) is 35.7 Å². The number of nitrogens with one attached hydrogen (secondary N) is 1. The number of esters is 1. The number of hydrogen-bond donors (Lipinski definition) is 1. The summed E-state index contributed by atoms with van der Waals surface area (Å²) in [5.41, 5.74) is 0.510. The fourth-order valence-corrected chi connectivity index (χ4v) is 2.88. The maximum atomic E-state index is 12.9. The summed E-state index contributed by atoms with van der Waals surface area (Å²) in [7, 11) is 1.30. The summed E-state index contributed by atoms with van der Waals surface area (Å²) in [4.78, 5) is 24.8. The zero-order valence-electron chi connectivity index (χ0n) is 14.0. The number of rotatable bonds is 5. The summed E-state index contributed by atoms with van der Waals surface area (Å²) in [6.45, 7) is 0. The third-order valence-corrected chi connectivity index (χ3v) is 4.53. The molecule has 0 unspecified atom stereocenters. The van der Waals surface area contributed by atoms with Crippen molar-refractivity contribution in [3.8, 4) is 11.5 Å². The molecule has 0 atom stereocenters. The SMILES string of the molecule is COC(=O)c1ccccc1NC(=O)C1(c2cc(-c3ccco3)on2)CC1. The fraction of sp³-hybridized carbons (Fsp3) is 0.211. The number of hydrogen-bond acceptors (Lipinski definition) is 6. The van der Waals surface area contributed by atoms with E-state index in [-0.39, 0.29) is 5.91 Å². The van der Waals surface area contributed by atoms with Crippen LogP contribution in [0.3, 0.4) is 0 Å². The zero-order valence-corrected chi connectivity index (χ0v) is 14.0. The molecule has 4 rings (SSSR count). The summed E-state index contributed by atoms with van der Waals surface area (Å²) in [6, 6.07) is 12.0. The number of nitrogens with zero attached hydrogens (tertiary/aromatic N) is 1. The Morgan fingerprint density at radius 2 is 1.96 bits per heavy atom. The quantitative estimate of drug-likeness (QED) is 0.707. The Kier molecular flexibility index (Phi) is 3.84. The molecule has 132 valence electrons. The molecule has 1 saturated carbocycles. The van der Waals surface area contributed by atoms with Crippen LogP contribution >= 0.6 is 0 Å².